The Kier molecular flexibility index (Phi) is 3.45. The number of nitrogens with two attached hydrogens (primary N) is 1. The van der Waals surface area contributed by atoms with Crippen LogP contribution in [0, 0.1) is 11.7 Å². The summed E-state index contributed by atoms with van der Waals surface area (Å²) in [7, 11) is 1.47. The van der Waals surface area contributed by atoms with E-state index in [0.717, 1.165) is 12.0 Å². The van der Waals surface area contributed by atoms with E-state index in [1.165, 1.54) is 18.7 Å². The van der Waals surface area contributed by atoms with Crippen LogP contribution >= 0.6 is 0 Å². The number of ether oxygens (including phenoxy) is 1. The Morgan fingerprint density at radius 2 is 1.95 bits per heavy atom. The van der Waals surface area contributed by atoms with E-state index in [0.29, 0.717) is 11.8 Å². The molecule has 0 saturated heterocycles. The molecule has 104 valence electrons. The molecule has 2 aromatic carbocycles. The van der Waals surface area contributed by atoms with Gasteiger partial charge >= 0.3 is 0 Å². The van der Waals surface area contributed by atoms with E-state index in [4.69, 9.17) is 10.5 Å². The van der Waals surface area contributed by atoms with Crippen molar-refractivity contribution in [2.45, 2.75) is 18.4 Å². The van der Waals surface area contributed by atoms with E-state index in [9.17, 15) is 4.39 Å². The molecule has 0 spiro atoms. The van der Waals surface area contributed by atoms with Crippen LogP contribution in [0.4, 0.5) is 4.39 Å². The smallest absolute Gasteiger partial charge is 0.165 e. The van der Waals surface area contributed by atoms with Crippen molar-refractivity contribution in [2.24, 2.45) is 11.7 Å². The molecule has 0 bridgehead atoms. The third-order valence-corrected chi connectivity index (χ3v) is 4.09. The molecule has 0 aromatic heterocycles. The summed E-state index contributed by atoms with van der Waals surface area (Å²) in [5.41, 5.74) is 8.60. The number of benzene rings is 2. The quantitative estimate of drug-likeness (QED) is 0.921. The molecule has 3 unspecified atom stereocenters. The Hall–Kier alpha value is -1.87. The zero-order valence-corrected chi connectivity index (χ0v) is 11.4. The lowest BCUT2D eigenvalue weighted by atomic mass is 9.99. The molecule has 2 N–H and O–H groups in total. The fourth-order valence-corrected chi connectivity index (χ4v) is 2.83. The van der Waals surface area contributed by atoms with Gasteiger partial charge in [-0.2, -0.15) is 0 Å². The van der Waals surface area contributed by atoms with Gasteiger partial charge in [0.25, 0.3) is 0 Å². The Morgan fingerprint density at radius 3 is 2.65 bits per heavy atom. The van der Waals surface area contributed by atoms with Crippen LogP contribution in [0.25, 0.3) is 0 Å². The van der Waals surface area contributed by atoms with Crippen molar-refractivity contribution in [3.05, 3.63) is 65.5 Å². The van der Waals surface area contributed by atoms with Crippen molar-refractivity contribution in [1.82, 2.24) is 0 Å². The Bertz CT molecular complexity index is 599. The summed E-state index contributed by atoms with van der Waals surface area (Å²) in [4.78, 5) is 0. The molecule has 1 saturated carbocycles. The SMILES string of the molecule is COc1cc(C(N)C2CC2c2ccccc2)ccc1F. The third kappa shape index (κ3) is 2.41. The van der Waals surface area contributed by atoms with Crippen molar-refractivity contribution in [2.75, 3.05) is 7.11 Å². The van der Waals surface area contributed by atoms with Gasteiger partial charge in [0.05, 0.1) is 7.11 Å². The lowest BCUT2D eigenvalue weighted by Crippen LogP contribution is -2.13. The number of methoxy groups -OCH3 is 1. The largest absolute Gasteiger partial charge is 0.494 e. The van der Waals surface area contributed by atoms with Gasteiger partial charge in [-0.3, -0.25) is 0 Å². The molecule has 1 aliphatic rings. The van der Waals surface area contributed by atoms with Gasteiger partial charge in [-0.25, -0.2) is 4.39 Å². The molecule has 3 rings (SSSR count). The first kappa shape index (κ1) is 13.1. The summed E-state index contributed by atoms with van der Waals surface area (Å²) in [5, 5.41) is 0. The minimum atomic E-state index is -0.348. The first-order chi connectivity index (χ1) is 9.70. The molecular weight excluding hydrogens is 253 g/mol. The van der Waals surface area contributed by atoms with Crippen LogP contribution in [0.3, 0.4) is 0 Å². The zero-order chi connectivity index (χ0) is 14.1. The van der Waals surface area contributed by atoms with E-state index in [-0.39, 0.29) is 17.6 Å². The van der Waals surface area contributed by atoms with Crippen LogP contribution in [0.15, 0.2) is 48.5 Å². The van der Waals surface area contributed by atoms with Gasteiger partial charge in [0.1, 0.15) is 0 Å². The van der Waals surface area contributed by atoms with E-state index < -0.39 is 0 Å². The monoisotopic (exact) mass is 271 g/mol. The van der Waals surface area contributed by atoms with E-state index >= 15 is 0 Å². The second kappa shape index (κ2) is 5.25. The minimum Gasteiger partial charge on any atom is -0.494 e. The molecule has 0 aliphatic heterocycles. The minimum absolute atomic E-state index is 0.0743. The highest BCUT2D eigenvalue weighted by Gasteiger charge is 2.42. The Balaban J connectivity index is 1.76. The highest BCUT2D eigenvalue weighted by Crippen LogP contribution is 2.53. The summed E-state index contributed by atoms with van der Waals surface area (Å²) >= 11 is 0. The topological polar surface area (TPSA) is 35.2 Å². The Morgan fingerprint density at radius 1 is 1.20 bits per heavy atom. The fraction of sp³-hybridized carbons (Fsp3) is 0.294. The van der Waals surface area contributed by atoms with Crippen LogP contribution in [0.2, 0.25) is 0 Å². The maximum atomic E-state index is 13.4. The molecule has 2 nitrogen and oxygen atoms in total. The van der Waals surface area contributed by atoms with Gasteiger partial charge in [-0.1, -0.05) is 36.4 Å². The lowest BCUT2D eigenvalue weighted by Gasteiger charge is -2.13. The van der Waals surface area contributed by atoms with Gasteiger partial charge in [0.2, 0.25) is 0 Å². The standard InChI is InChI=1S/C17H18FNO/c1-20-16-9-12(7-8-15(16)18)17(19)14-10-13(14)11-5-3-2-4-6-11/h2-9,13-14,17H,10,19H2,1H3. The second-order valence-electron chi connectivity index (χ2n) is 5.34. The number of hydrogen-bond donors (Lipinski definition) is 1. The van der Waals surface area contributed by atoms with E-state index in [2.05, 4.69) is 24.3 Å². The third-order valence-electron chi connectivity index (χ3n) is 4.09. The molecule has 1 fully saturated rings. The number of halogens is 1. The predicted octanol–water partition coefficient (Wildman–Crippen LogP) is 3.64. The van der Waals surface area contributed by atoms with Crippen molar-refractivity contribution in [1.29, 1.82) is 0 Å². The molecule has 1 aliphatic carbocycles. The summed E-state index contributed by atoms with van der Waals surface area (Å²) < 4.78 is 18.4. The normalized spacial score (nSPS) is 22.4. The molecule has 3 heteroatoms. The molecule has 3 atom stereocenters. The average Bonchev–Trinajstić information content (AvgIpc) is 3.28. The van der Waals surface area contributed by atoms with Crippen LogP contribution in [0.5, 0.6) is 5.75 Å². The van der Waals surface area contributed by atoms with Crippen LogP contribution in [-0.4, -0.2) is 7.11 Å². The molecular formula is C17H18FNO. The van der Waals surface area contributed by atoms with Gasteiger partial charge in [0, 0.05) is 6.04 Å². The molecule has 2 aromatic rings. The van der Waals surface area contributed by atoms with Crippen molar-refractivity contribution >= 4 is 0 Å². The van der Waals surface area contributed by atoms with E-state index in [1.54, 1.807) is 12.1 Å². The predicted molar refractivity (Wildman–Crippen MR) is 77.2 cm³/mol. The lowest BCUT2D eigenvalue weighted by molar-refractivity contribution is 0.385. The Labute approximate surface area is 118 Å². The van der Waals surface area contributed by atoms with Crippen LogP contribution < -0.4 is 10.5 Å². The molecule has 20 heavy (non-hydrogen) atoms. The maximum absolute atomic E-state index is 13.4. The highest BCUT2D eigenvalue weighted by atomic mass is 19.1. The molecule has 0 radical (unpaired) electrons. The van der Waals surface area contributed by atoms with Gasteiger partial charge in [-0.15, -0.1) is 0 Å². The van der Waals surface area contributed by atoms with Gasteiger partial charge < -0.3 is 10.5 Å². The molecule has 0 amide bonds. The van der Waals surface area contributed by atoms with Crippen molar-refractivity contribution in [3.63, 3.8) is 0 Å². The second-order valence-corrected chi connectivity index (χ2v) is 5.34. The summed E-state index contributed by atoms with van der Waals surface area (Å²) in [6, 6.07) is 15.2. The summed E-state index contributed by atoms with van der Waals surface area (Å²) in [6.07, 6.45) is 1.09. The van der Waals surface area contributed by atoms with Gasteiger partial charge in [-0.05, 0) is 41.5 Å². The fourth-order valence-electron chi connectivity index (χ4n) is 2.83. The van der Waals surface area contributed by atoms with E-state index in [1.807, 2.05) is 6.07 Å². The van der Waals surface area contributed by atoms with Crippen LogP contribution in [-0.2, 0) is 0 Å². The zero-order valence-electron chi connectivity index (χ0n) is 11.4. The first-order valence-electron chi connectivity index (χ1n) is 6.84. The highest BCUT2D eigenvalue weighted by molar-refractivity contribution is 5.35. The summed E-state index contributed by atoms with van der Waals surface area (Å²) in [6.45, 7) is 0. The maximum Gasteiger partial charge on any atom is 0.165 e. The first-order valence-corrected chi connectivity index (χ1v) is 6.84. The van der Waals surface area contributed by atoms with Crippen molar-refractivity contribution in [3.8, 4) is 5.75 Å². The van der Waals surface area contributed by atoms with Crippen molar-refractivity contribution < 1.29 is 9.13 Å². The van der Waals surface area contributed by atoms with Crippen LogP contribution in [0.1, 0.15) is 29.5 Å². The average molecular weight is 271 g/mol. The molecule has 0 heterocycles. The number of rotatable bonds is 4. The summed E-state index contributed by atoms with van der Waals surface area (Å²) in [5.74, 6) is 0.850. The van der Waals surface area contributed by atoms with Gasteiger partial charge in [0.15, 0.2) is 11.6 Å². The number of hydrogen-bond acceptors (Lipinski definition) is 2.